The Kier molecular flexibility index (Phi) is 4.06. The van der Waals surface area contributed by atoms with E-state index in [1.54, 1.807) is 6.07 Å². The molecule has 3 unspecified atom stereocenters. The first-order valence-electron chi connectivity index (χ1n) is 6.66. The number of phenols is 1. The first-order valence-corrected chi connectivity index (χ1v) is 6.66. The lowest BCUT2D eigenvalue weighted by atomic mass is 9.79. The fourth-order valence-electron chi connectivity index (χ4n) is 2.66. The molecule has 2 rings (SSSR count). The van der Waals surface area contributed by atoms with Gasteiger partial charge in [0, 0.05) is 12.6 Å². The molecule has 1 aliphatic carbocycles. The number of hydrogen-bond acceptors (Lipinski definition) is 2. The van der Waals surface area contributed by atoms with E-state index in [9.17, 15) is 5.11 Å². The molecule has 0 aliphatic heterocycles. The molecule has 0 heterocycles. The molecule has 3 atom stereocenters. The van der Waals surface area contributed by atoms with E-state index in [1.807, 2.05) is 12.1 Å². The lowest BCUT2D eigenvalue weighted by molar-refractivity contribution is 0.225. The summed E-state index contributed by atoms with van der Waals surface area (Å²) in [6, 6.07) is 8.15. The third-order valence-corrected chi connectivity index (χ3v) is 4.10. The molecule has 2 heteroatoms. The van der Waals surface area contributed by atoms with Gasteiger partial charge in [0.2, 0.25) is 0 Å². The fourth-order valence-corrected chi connectivity index (χ4v) is 2.66. The van der Waals surface area contributed by atoms with Gasteiger partial charge in [-0.05, 0) is 48.8 Å². The van der Waals surface area contributed by atoms with Crippen LogP contribution in [-0.2, 0) is 6.54 Å². The molecular formula is C15H23NO. The summed E-state index contributed by atoms with van der Waals surface area (Å²) in [7, 11) is 0. The molecular weight excluding hydrogens is 210 g/mol. The van der Waals surface area contributed by atoms with Crippen molar-refractivity contribution in [2.45, 2.75) is 45.7 Å². The van der Waals surface area contributed by atoms with Gasteiger partial charge < -0.3 is 10.4 Å². The zero-order valence-corrected chi connectivity index (χ0v) is 10.8. The largest absolute Gasteiger partial charge is 0.508 e. The highest BCUT2D eigenvalue weighted by Crippen LogP contribution is 2.29. The van der Waals surface area contributed by atoms with E-state index in [0.29, 0.717) is 11.8 Å². The standard InChI is InChI=1S/C15H23NO/c1-11-6-7-14(8-12(11)2)16-10-13-4-3-5-15(17)9-13/h3-5,9,11-12,14,16-17H,6-8,10H2,1-2H3. The Morgan fingerprint density at radius 1 is 1.24 bits per heavy atom. The molecule has 2 N–H and O–H groups in total. The average Bonchev–Trinajstić information content (AvgIpc) is 2.31. The maximum Gasteiger partial charge on any atom is 0.115 e. The van der Waals surface area contributed by atoms with Gasteiger partial charge in [-0.2, -0.15) is 0 Å². The molecule has 0 saturated heterocycles. The molecule has 0 radical (unpaired) electrons. The number of hydrogen-bond donors (Lipinski definition) is 2. The van der Waals surface area contributed by atoms with Crippen molar-refractivity contribution in [2.75, 3.05) is 0 Å². The van der Waals surface area contributed by atoms with E-state index in [-0.39, 0.29) is 0 Å². The topological polar surface area (TPSA) is 32.3 Å². The second-order valence-corrected chi connectivity index (χ2v) is 5.52. The molecule has 0 amide bonds. The van der Waals surface area contributed by atoms with E-state index < -0.39 is 0 Å². The van der Waals surface area contributed by atoms with Crippen molar-refractivity contribution in [3.8, 4) is 5.75 Å². The number of phenolic OH excluding ortho intramolecular Hbond substituents is 1. The predicted molar refractivity (Wildman–Crippen MR) is 70.9 cm³/mol. The zero-order valence-electron chi connectivity index (χ0n) is 10.8. The molecule has 1 aliphatic rings. The van der Waals surface area contributed by atoms with Crippen molar-refractivity contribution in [3.63, 3.8) is 0 Å². The zero-order chi connectivity index (χ0) is 12.3. The van der Waals surface area contributed by atoms with E-state index in [1.165, 1.54) is 19.3 Å². The summed E-state index contributed by atoms with van der Waals surface area (Å²) < 4.78 is 0. The molecule has 1 aromatic rings. The number of benzene rings is 1. The molecule has 17 heavy (non-hydrogen) atoms. The van der Waals surface area contributed by atoms with Crippen LogP contribution in [0, 0.1) is 11.8 Å². The molecule has 0 aromatic heterocycles. The summed E-state index contributed by atoms with van der Waals surface area (Å²) in [5, 5.41) is 13.0. The van der Waals surface area contributed by atoms with Crippen LogP contribution in [0.5, 0.6) is 5.75 Å². The minimum Gasteiger partial charge on any atom is -0.508 e. The number of rotatable bonds is 3. The Morgan fingerprint density at radius 2 is 2.06 bits per heavy atom. The highest BCUT2D eigenvalue weighted by atomic mass is 16.3. The summed E-state index contributed by atoms with van der Waals surface area (Å²) in [6.45, 7) is 5.57. The van der Waals surface area contributed by atoms with Gasteiger partial charge in [0.05, 0.1) is 0 Å². The Balaban J connectivity index is 1.82. The summed E-state index contributed by atoms with van der Waals surface area (Å²) in [5.41, 5.74) is 1.16. The molecule has 2 nitrogen and oxygen atoms in total. The average molecular weight is 233 g/mol. The Morgan fingerprint density at radius 3 is 2.76 bits per heavy atom. The quantitative estimate of drug-likeness (QED) is 0.839. The summed E-state index contributed by atoms with van der Waals surface area (Å²) >= 11 is 0. The van der Waals surface area contributed by atoms with E-state index in [2.05, 4.69) is 25.2 Å². The monoisotopic (exact) mass is 233 g/mol. The second-order valence-electron chi connectivity index (χ2n) is 5.52. The van der Waals surface area contributed by atoms with Crippen molar-refractivity contribution in [1.29, 1.82) is 0 Å². The van der Waals surface area contributed by atoms with Crippen LogP contribution < -0.4 is 5.32 Å². The lowest BCUT2D eigenvalue weighted by Crippen LogP contribution is -2.35. The van der Waals surface area contributed by atoms with Crippen LogP contribution in [0.15, 0.2) is 24.3 Å². The van der Waals surface area contributed by atoms with Gasteiger partial charge in [0.1, 0.15) is 5.75 Å². The van der Waals surface area contributed by atoms with Crippen LogP contribution in [0.25, 0.3) is 0 Å². The van der Waals surface area contributed by atoms with Gasteiger partial charge in [-0.15, -0.1) is 0 Å². The highest BCUT2D eigenvalue weighted by molar-refractivity contribution is 5.26. The van der Waals surface area contributed by atoms with Crippen LogP contribution in [0.1, 0.15) is 38.7 Å². The van der Waals surface area contributed by atoms with Crippen LogP contribution in [0.2, 0.25) is 0 Å². The van der Waals surface area contributed by atoms with Crippen LogP contribution >= 0.6 is 0 Å². The Hall–Kier alpha value is -1.02. The predicted octanol–water partition coefficient (Wildman–Crippen LogP) is 3.31. The van der Waals surface area contributed by atoms with E-state index >= 15 is 0 Å². The van der Waals surface area contributed by atoms with E-state index in [4.69, 9.17) is 0 Å². The molecule has 0 bridgehead atoms. The second kappa shape index (κ2) is 5.54. The SMILES string of the molecule is CC1CCC(NCc2cccc(O)c2)CC1C. The van der Waals surface area contributed by atoms with Crippen LogP contribution in [0.3, 0.4) is 0 Å². The Labute approximate surface area is 104 Å². The number of nitrogens with one attached hydrogen (secondary N) is 1. The molecule has 94 valence electrons. The number of aromatic hydroxyl groups is 1. The summed E-state index contributed by atoms with van der Waals surface area (Å²) in [6.07, 6.45) is 3.89. The summed E-state index contributed by atoms with van der Waals surface area (Å²) in [4.78, 5) is 0. The third kappa shape index (κ3) is 3.47. The van der Waals surface area contributed by atoms with Crippen molar-refractivity contribution in [3.05, 3.63) is 29.8 Å². The van der Waals surface area contributed by atoms with Gasteiger partial charge in [-0.25, -0.2) is 0 Å². The molecule has 1 saturated carbocycles. The van der Waals surface area contributed by atoms with Gasteiger partial charge in [-0.3, -0.25) is 0 Å². The van der Waals surface area contributed by atoms with Crippen molar-refractivity contribution in [2.24, 2.45) is 11.8 Å². The van der Waals surface area contributed by atoms with Crippen molar-refractivity contribution in [1.82, 2.24) is 5.32 Å². The highest BCUT2D eigenvalue weighted by Gasteiger charge is 2.23. The lowest BCUT2D eigenvalue weighted by Gasteiger charge is -2.32. The third-order valence-electron chi connectivity index (χ3n) is 4.10. The summed E-state index contributed by atoms with van der Waals surface area (Å²) in [5.74, 6) is 2.05. The van der Waals surface area contributed by atoms with E-state index in [0.717, 1.165) is 23.9 Å². The maximum atomic E-state index is 9.40. The minimum absolute atomic E-state index is 0.356. The maximum absolute atomic E-state index is 9.40. The van der Waals surface area contributed by atoms with Gasteiger partial charge in [0.15, 0.2) is 0 Å². The van der Waals surface area contributed by atoms with Crippen LogP contribution in [0.4, 0.5) is 0 Å². The molecule has 1 aromatic carbocycles. The van der Waals surface area contributed by atoms with Crippen LogP contribution in [-0.4, -0.2) is 11.1 Å². The van der Waals surface area contributed by atoms with Gasteiger partial charge in [-0.1, -0.05) is 26.0 Å². The van der Waals surface area contributed by atoms with Crippen molar-refractivity contribution >= 4 is 0 Å². The minimum atomic E-state index is 0.356. The van der Waals surface area contributed by atoms with Gasteiger partial charge >= 0.3 is 0 Å². The van der Waals surface area contributed by atoms with Gasteiger partial charge in [0.25, 0.3) is 0 Å². The first kappa shape index (κ1) is 12.4. The molecule has 0 spiro atoms. The Bertz CT molecular complexity index is 364. The normalized spacial score (nSPS) is 29.2. The van der Waals surface area contributed by atoms with Crippen molar-refractivity contribution < 1.29 is 5.11 Å². The molecule has 1 fully saturated rings. The smallest absolute Gasteiger partial charge is 0.115 e. The fraction of sp³-hybridized carbons (Fsp3) is 0.600. The first-order chi connectivity index (χ1) is 8.15.